The number of unbranched alkanes of at least 4 members (excludes halogenated alkanes) is 7. The van der Waals surface area contributed by atoms with E-state index in [1.165, 1.54) is 56.9 Å². The Morgan fingerprint density at radius 3 is 2.06 bits per heavy atom. The van der Waals surface area contributed by atoms with Gasteiger partial charge in [0, 0.05) is 18.4 Å². The predicted octanol–water partition coefficient (Wildman–Crippen LogP) is 8.07. The van der Waals surface area contributed by atoms with Crippen molar-refractivity contribution in [2.75, 3.05) is 6.61 Å². The second-order valence-electron chi connectivity index (χ2n) is 8.64. The molecule has 0 aliphatic carbocycles. The molecule has 0 aliphatic heterocycles. The van der Waals surface area contributed by atoms with Gasteiger partial charge in [-0.25, -0.2) is 18.7 Å². The van der Waals surface area contributed by atoms with E-state index < -0.39 is 12.3 Å². The first-order valence-corrected chi connectivity index (χ1v) is 12.4. The molecule has 1 heterocycles. The first kappa shape index (κ1) is 26.2. The summed E-state index contributed by atoms with van der Waals surface area (Å²) in [5.74, 6) is 1.14. The zero-order valence-electron chi connectivity index (χ0n) is 19.9. The molecule has 0 aliphatic rings. The molecule has 2 aromatic rings. The molecular formula is C27H40F2N2O. The Morgan fingerprint density at radius 2 is 1.44 bits per heavy atom. The van der Waals surface area contributed by atoms with Crippen molar-refractivity contribution >= 4 is 0 Å². The van der Waals surface area contributed by atoms with Crippen LogP contribution in [0, 0.1) is 0 Å². The molecule has 32 heavy (non-hydrogen) atoms. The van der Waals surface area contributed by atoms with E-state index in [9.17, 15) is 8.78 Å². The van der Waals surface area contributed by atoms with E-state index in [4.69, 9.17) is 4.74 Å². The van der Waals surface area contributed by atoms with Crippen LogP contribution in [0.25, 0.3) is 11.4 Å². The maximum atomic E-state index is 13.7. The van der Waals surface area contributed by atoms with Gasteiger partial charge in [0.05, 0.1) is 19.0 Å². The molecule has 0 saturated heterocycles. The minimum atomic E-state index is -1.19. The molecule has 0 saturated carbocycles. The van der Waals surface area contributed by atoms with Crippen molar-refractivity contribution in [1.29, 1.82) is 0 Å². The highest BCUT2D eigenvalue weighted by molar-refractivity contribution is 5.55. The average Bonchev–Trinajstić information content (AvgIpc) is 2.81. The highest BCUT2D eigenvalue weighted by Gasteiger charge is 2.13. The molecular weight excluding hydrogens is 406 g/mol. The standard InChI is InChI=1S/C27H40F2N2O/c1-3-5-6-7-8-9-10-11-12-22-13-15-23(16-14-22)27-30-20-26(21-31-27)32-18-17-25(29)19-24(28)4-2/h13-16,20-21,24-25H,3-12,17-19H2,1-2H3. The molecule has 0 amide bonds. The number of ether oxygens (including phenoxy) is 1. The number of halogens is 2. The van der Waals surface area contributed by atoms with Gasteiger partial charge in [-0.15, -0.1) is 0 Å². The van der Waals surface area contributed by atoms with Gasteiger partial charge in [0.25, 0.3) is 0 Å². The summed E-state index contributed by atoms with van der Waals surface area (Å²) in [6, 6.07) is 8.43. The largest absolute Gasteiger partial charge is 0.490 e. The number of alkyl halides is 2. The molecule has 1 aromatic heterocycles. The molecule has 0 spiro atoms. The summed E-state index contributed by atoms with van der Waals surface area (Å²) < 4.78 is 32.4. The fraction of sp³-hybridized carbons (Fsp3) is 0.630. The second-order valence-corrected chi connectivity index (χ2v) is 8.64. The highest BCUT2D eigenvalue weighted by atomic mass is 19.1. The van der Waals surface area contributed by atoms with Gasteiger partial charge in [0.2, 0.25) is 0 Å². The Labute approximate surface area is 193 Å². The first-order chi connectivity index (χ1) is 15.6. The third-order valence-electron chi connectivity index (χ3n) is 5.81. The van der Waals surface area contributed by atoms with Crippen LogP contribution in [0.2, 0.25) is 0 Å². The summed E-state index contributed by atoms with van der Waals surface area (Å²) in [5.41, 5.74) is 2.31. The third-order valence-corrected chi connectivity index (χ3v) is 5.81. The molecule has 1 aromatic carbocycles. The number of aromatic nitrogens is 2. The summed E-state index contributed by atoms with van der Waals surface area (Å²) in [4.78, 5) is 8.73. The maximum Gasteiger partial charge on any atom is 0.159 e. The van der Waals surface area contributed by atoms with E-state index in [-0.39, 0.29) is 19.4 Å². The molecule has 2 rings (SSSR count). The lowest BCUT2D eigenvalue weighted by atomic mass is 10.0. The quantitative estimate of drug-likeness (QED) is 0.230. The Hall–Kier alpha value is -2.04. The Balaban J connectivity index is 1.68. The van der Waals surface area contributed by atoms with E-state index in [0.717, 1.165) is 12.0 Å². The van der Waals surface area contributed by atoms with Crippen LogP contribution in [0.1, 0.15) is 90.0 Å². The Bertz CT molecular complexity index is 721. The number of nitrogens with zero attached hydrogens (tertiary/aromatic N) is 2. The van der Waals surface area contributed by atoms with Gasteiger partial charge >= 0.3 is 0 Å². The molecule has 0 N–H and O–H groups in total. The summed E-state index contributed by atoms with van der Waals surface area (Å²) in [6.45, 7) is 4.16. The second kappa shape index (κ2) is 15.7. The van der Waals surface area contributed by atoms with Crippen LogP contribution in [0.5, 0.6) is 5.75 Å². The molecule has 2 unspecified atom stereocenters. The fourth-order valence-electron chi connectivity index (χ4n) is 3.69. The molecule has 0 radical (unpaired) electrons. The fourth-order valence-corrected chi connectivity index (χ4v) is 3.69. The minimum absolute atomic E-state index is 0.0651. The zero-order chi connectivity index (χ0) is 23.0. The van der Waals surface area contributed by atoms with Gasteiger partial charge in [-0.05, 0) is 24.8 Å². The molecule has 0 bridgehead atoms. The van der Waals surface area contributed by atoms with E-state index in [0.29, 0.717) is 18.0 Å². The van der Waals surface area contributed by atoms with Crippen molar-refractivity contribution in [2.24, 2.45) is 0 Å². The molecule has 5 heteroatoms. The van der Waals surface area contributed by atoms with E-state index in [2.05, 4.69) is 41.2 Å². The average molecular weight is 447 g/mol. The lowest BCUT2D eigenvalue weighted by molar-refractivity contribution is 0.179. The maximum absolute atomic E-state index is 13.7. The Morgan fingerprint density at radius 1 is 0.812 bits per heavy atom. The van der Waals surface area contributed by atoms with Crippen molar-refractivity contribution in [2.45, 2.75) is 103 Å². The van der Waals surface area contributed by atoms with Crippen LogP contribution in [-0.4, -0.2) is 28.9 Å². The van der Waals surface area contributed by atoms with Gasteiger partial charge in [-0.2, -0.15) is 0 Å². The van der Waals surface area contributed by atoms with Gasteiger partial charge in [-0.1, -0.05) is 83.1 Å². The number of hydrogen-bond acceptors (Lipinski definition) is 3. The molecule has 0 fully saturated rings. The SMILES string of the molecule is CCCCCCCCCCc1ccc(-c2ncc(OCCC(F)CC(F)CC)cn2)cc1. The summed E-state index contributed by atoms with van der Waals surface area (Å²) in [5, 5.41) is 0. The topological polar surface area (TPSA) is 35.0 Å². The summed E-state index contributed by atoms with van der Waals surface area (Å²) >= 11 is 0. The smallest absolute Gasteiger partial charge is 0.159 e. The third kappa shape index (κ3) is 10.5. The van der Waals surface area contributed by atoms with Crippen molar-refractivity contribution in [3.05, 3.63) is 42.2 Å². The molecule has 3 nitrogen and oxygen atoms in total. The van der Waals surface area contributed by atoms with Crippen LogP contribution in [-0.2, 0) is 6.42 Å². The number of hydrogen-bond donors (Lipinski definition) is 0. The summed E-state index contributed by atoms with van der Waals surface area (Å²) in [6.07, 6.45) is 13.2. The number of rotatable bonds is 17. The van der Waals surface area contributed by atoms with Crippen LogP contribution in [0.3, 0.4) is 0 Å². The molecule has 2 atom stereocenters. The zero-order valence-corrected chi connectivity index (χ0v) is 19.9. The van der Waals surface area contributed by atoms with Crippen molar-refractivity contribution in [1.82, 2.24) is 9.97 Å². The highest BCUT2D eigenvalue weighted by Crippen LogP contribution is 2.19. The van der Waals surface area contributed by atoms with E-state index in [1.807, 2.05) is 0 Å². The summed E-state index contributed by atoms with van der Waals surface area (Å²) in [7, 11) is 0. The lowest BCUT2D eigenvalue weighted by Gasteiger charge is -2.11. The molecule has 178 valence electrons. The number of aryl methyl sites for hydroxylation is 1. The van der Waals surface area contributed by atoms with Gasteiger partial charge in [0.1, 0.15) is 12.3 Å². The van der Waals surface area contributed by atoms with E-state index >= 15 is 0 Å². The van der Waals surface area contributed by atoms with Crippen molar-refractivity contribution < 1.29 is 13.5 Å². The normalized spacial score (nSPS) is 13.1. The van der Waals surface area contributed by atoms with Crippen LogP contribution >= 0.6 is 0 Å². The predicted molar refractivity (Wildman–Crippen MR) is 129 cm³/mol. The van der Waals surface area contributed by atoms with E-state index in [1.54, 1.807) is 19.3 Å². The monoisotopic (exact) mass is 446 g/mol. The van der Waals surface area contributed by atoms with Crippen molar-refractivity contribution in [3.63, 3.8) is 0 Å². The minimum Gasteiger partial charge on any atom is -0.490 e. The van der Waals surface area contributed by atoms with Crippen molar-refractivity contribution in [3.8, 4) is 17.1 Å². The van der Waals surface area contributed by atoms with Gasteiger partial charge in [0.15, 0.2) is 11.6 Å². The van der Waals surface area contributed by atoms with Gasteiger partial charge in [-0.3, -0.25) is 0 Å². The first-order valence-electron chi connectivity index (χ1n) is 12.4. The number of benzene rings is 1. The Kier molecular flexibility index (Phi) is 12.9. The lowest BCUT2D eigenvalue weighted by Crippen LogP contribution is -2.13. The van der Waals surface area contributed by atoms with Crippen LogP contribution in [0.15, 0.2) is 36.7 Å². The van der Waals surface area contributed by atoms with Crippen LogP contribution in [0.4, 0.5) is 8.78 Å². The van der Waals surface area contributed by atoms with Crippen LogP contribution < -0.4 is 4.74 Å². The van der Waals surface area contributed by atoms with Gasteiger partial charge < -0.3 is 4.74 Å².